The van der Waals surface area contributed by atoms with Gasteiger partial charge in [-0.05, 0) is 50.5 Å². The van der Waals surface area contributed by atoms with Crippen LogP contribution in [-0.2, 0) is 24.8 Å². The normalized spacial score (nSPS) is 15.4. The largest absolute Gasteiger partial charge is 0.378 e. The number of aromatic nitrogens is 2. The average molecular weight is 544 g/mol. The van der Waals surface area contributed by atoms with E-state index in [-0.39, 0.29) is 35.8 Å². The summed E-state index contributed by atoms with van der Waals surface area (Å²) < 4.78 is 21.9. The van der Waals surface area contributed by atoms with Crippen molar-refractivity contribution in [2.45, 2.75) is 39.8 Å². The highest BCUT2D eigenvalue weighted by Gasteiger charge is 2.16. The second-order valence-corrected chi connectivity index (χ2v) is 7.83. The molecule has 9 heteroatoms. The molecule has 1 fully saturated rings. The quantitative estimate of drug-likeness (QED) is 0.333. The van der Waals surface area contributed by atoms with Crippen LogP contribution in [0, 0.1) is 19.7 Å². The first-order valence-electron chi connectivity index (χ1n) is 10.5. The number of hydrogen-bond acceptors (Lipinski definition) is 4. The van der Waals surface area contributed by atoms with Crippen molar-refractivity contribution >= 4 is 35.6 Å². The maximum atomic E-state index is 14.6. The Morgan fingerprint density at radius 1 is 1.29 bits per heavy atom. The number of morpholine rings is 1. The van der Waals surface area contributed by atoms with Crippen molar-refractivity contribution in [2.75, 3.05) is 38.3 Å². The lowest BCUT2D eigenvalue weighted by Gasteiger charge is -2.29. The number of rotatable bonds is 6. The molecule has 0 aliphatic carbocycles. The number of hydrogen-bond donors (Lipinski definition) is 2. The van der Waals surface area contributed by atoms with Crippen molar-refractivity contribution in [1.82, 2.24) is 20.4 Å². The summed E-state index contributed by atoms with van der Waals surface area (Å²) in [7, 11) is 3.71. The molecule has 7 nitrogen and oxygen atoms in total. The molecule has 172 valence electrons. The van der Waals surface area contributed by atoms with Gasteiger partial charge in [-0.1, -0.05) is 6.07 Å². The summed E-state index contributed by atoms with van der Waals surface area (Å²) in [6.45, 7) is 9.47. The number of aryl methyl sites for hydroxylation is 2. The van der Waals surface area contributed by atoms with E-state index in [9.17, 15) is 4.39 Å². The first-order chi connectivity index (χ1) is 14.4. The molecule has 1 aromatic heterocycles. The highest BCUT2D eigenvalue weighted by molar-refractivity contribution is 14.0. The molecule has 2 heterocycles. The van der Waals surface area contributed by atoms with Gasteiger partial charge in [0.15, 0.2) is 5.96 Å². The van der Waals surface area contributed by atoms with E-state index < -0.39 is 0 Å². The Hall–Kier alpha value is -1.88. The Morgan fingerprint density at radius 3 is 2.58 bits per heavy atom. The number of nitrogens with one attached hydrogen (secondary N) is 2. The van der Waals surface area contributed by atoms with Gasteiger partial charge in [0, 0.05) is 45.5 Å². The van der Waals surface area contributed by atoms with Gasteiger partial charge in [-0.15, -0.1) is 24.0 Å². The van der Waals surface area contributed by atoms with Gasteiger partial charge in [0.1, 0.15) is 5.82 Å². The smallest absolute Gasteiger partial charge is 0.191 e. The van der Waals surface area contributed by atoms with Gasteiger partial charge in [0.05, 0.1) is 24.6 Å². The van der Waals surface area contributed by atoms with Crippen LogP contribution in [0.1, 0.15) is 29.4 Å². The molecule has 1 saturated heterocycles. The molecule has 1 aliphatic heterocycles. The van der Waals surface area contributed by atoms with E-state index in [4.69, 9.17) is 4.74 Å². The van der Waals surface area contributed by atoms with Crippen molar-refractivity contribution in [3.8, 4) is 0 Å². The SMILES string of the molecule is CN=C(NCc1ccc(N2CCOCC2)c(F)c1)NC(C)Cc1c(C)nn(C)c1C.I. The fourth-order valence-corrected chi connectivity index (χ4v) is 3.80. The molecular formula is C22H34FIN6O. The molecular weight excluding hydrogens is 510 g/mol. The fraction of sp³-hybridized carbons (Fsp3) is 0.545. The zero-order chi connectivity index (χ0) is 21.7. The van der Waals surface area contributed by atoms with Crippen LogP contribution in [-0.4, -0.2) is 55.1 Å². The summed E-state index contributed by atoms with van der Waals surface area (Å²) in [5, 5.41) is 11.2. The van der Waals surface area contributed by atoms with E-state index in [0.717, 1.165) is 30.8 Å². The van der Waals surface area contributed by atoms with Gasteiger partial charge >= 0.3 is 0 Å². The van der Waals surface area contributed by atoms with Crippen molar-refractivity contribution in [3.63, 3.8) is 0 Å². The van der Waals surface area contributed by atoms with Crippen LogP contribution in [0.5, 0.6) is 0 Å². The molecule has 0 spiro atoms. The number of nitrogens with zero attached hydrogens (tertiary/aromatic N) is 4. The van der Waals surface area contributed by atoms with Crippen LogP contribution in [0.4, 0.5) is 10.1 Å². The minimum absolute atomic E-state index is 0. The van der Waals surface area contributed by atoms with Gasteiger partial charge in [0.25, 0.3) is 0 Å². The summed E-state index contributed by atoms with van der Waals surface area (Å²) in [5.41, 5.74) is 5.01. The van der Waals surface area contributed by atoms with E-state index in [2.05, 4.69) is 34.6 Å². The second-order valence-electron chi connectivity index (χ2n) is 7.83. The molecule has 1 unspecified atom stereocenters. The minimum atomic E-state index is -0.199. The van der Waals surface area contributed by atoms with Crippen LogP contribution < -0.4 is 15.5 Å². The van der Waals surface area contributed by atoms with Crippen LogP contribution in [0.15, 0.2) is 23.2 Å². The van der Waals surface area contributed by atoms with E-state index >= 15 is 0 Å². The zero-order valence-corrected chi connectivity index (χ0v) is 21.4. The first kappa shape index (κ1) is 25.4. The standard InChI is InChI=1S/C22H33FN6O.HI/c1-15(12-19-16(2)27-28(5)17(19)3)26-22(24-4)25-14-18-6-7-21(20(23)13-18)29-8-10-30-11-9-29;/h6-7,13,15H,8-12,14H2,1-5H3,(H2,24,25,26);1H. The number of halogens is 2. The van der Waals surface area contributed by atoms with Crippen molar-refractivity contribution in [3.05, 3.63) is 46.5 Å². The molecule has 0 saturated carbocycles. The molecule has 0 radical (unpaired) electrons. The Morgan fingerprint density at radius 2 is 2.00 bits per heavy atom. The van der Waals surface area contributed by atoms with Crippen molar-refractivity contribution in [2.24, 2.45) is 12.0 Å². The lowest BCUT2D eigenvalue weighted by Crippen LogP contribution is -2.42. The summed E-state index contributed by atoms with van der Waals surface area (Å²) >= 11 is 0. The highest BCUT2D eigenvalue weighted by atomic mass is 127. The molecule has 1 atom stereocenters. The zero-order valence-electron chi connectivity index (χ0n) is 19.0. The average Bonchev–Trinajstić information content (AvgIpc) is 2.97. The van der Waals surface area contributed by atoms with Crippen molar-refractivity contribution in [1.29, 1.82) is 0 Å². The molecule has 31 heavy (non-hydrogen) atoms. The third kappa shape index (κ3) is 6.55. The summed E-state index contributed by atoms with van der Waals surface area (Å²) in [6, 6.07) is 5.58. The molecule has 2 N–H and O–H groups in total. The predicted octanol–water partition coefficient (Wildman–Crippen LogP) is 2.93. The van der Waals surface area contributed by atoms with Gasteiger partial charge < -0.3 is 20.3 Å². The fourth-order valence-electron chi connectivity index (χ4n) is 3.80. The number of guanidine groups is 1. The lowest BCUT2D eigenvalue weighted by atomic mass is 10.1. The predicted molar refractivity (Wildman–Crippen MR) is 134 cm³/mol. The topological polar surface area (TPSA) is 66.7 Å². The van der Waals surface area contributed by atoms with Gasteiger partial charge in [-0.2, -0.15) is 5.10 Å². The van der Waals surface area contributed by atoms with Crippen LogP contribution in [0.2, 0.25) is 0 Å². The lowest BCUT2D eigenvalue weighted by molar-refractivity contribution is 0.122. The van der Waals surface area contributed by atoms with Gasteiger partial charge in [0.2, 0.25) is 0 Å². The maximum absolute atomic E-state index is 14.6. The van der Waals surface area contributed by atoms with E-state index in [1.165, 1.54) is 11.3 Å². The van der Waals surface area contributed by atoms with Gasteiger partial charge in [-0.25, -0.2) is 4.39 Å². The Kier molecular flexibility index (Phi) is 9.54. The molecule has 0 amide bonds. The number of benzene rings is 1. The van der Waals surface area contributed by atoms with Gasteiger partial charge in [-0.3, -0.25) is 9.67 Å². The van der Waals surface area contributed by atoms with E-state index in [0.29, 0.717) is 31.4 Å². The van der Waals surface area contributed by atoms with E-state index in [1.54, 1.807) is 13.1 Å². The number of anilines is 1. The maximum Gasteiger partial charge on any atom is 0.191 e. The van der Waals surface area contributed by atoms with Crippen molar-refractivity contribution < 1.29 is 9.13 Å². The number of aliphatic imine (C=N–C) groups is 1. The monoisotopic (exact) mass is 544 g/mol. The Labute approximate surface area is 201 Å². The van der Waals surface area contributed by atoms with E-state index in [1.807, 2.05) is 35.7 Å². The van der Waals surface area contributed by atoms with Crippen LogP contribution >= 0.6 is 24.0 Å². The molecule has 1 aromatic carbocycles. The third-order valence-electron chi connectivity index (χ3n) is 5.60. The molecule has 2 aromatic rings. The summed E-state index contributed by atoms with van der Waals surface area (Å²) in [5.74, 6) is 0.495. The minimum Gasteiger partial charge on any atom is -0.378 e. The second kappa shape index (κ2) is 11.7. The molecule has 3 rings (SSSR count). The highest BCUT2D eigenvalue weighted by Crippen LogP contribution is 2.21. The third-order valence-corrected chi connectivity index (χ3v) is 5.60. The summed E-state index contributed by atoms with van der Waals surface area (Å²) in [4.78, 5) is 6.33. The number of ether oxygens (including phenoxy) is 1. The van der Waals surface area contributed by atoms with Crippen LogP contribution in [0.25, 0.3) is 0 Å². The Bertz CT molecular complexity index is 894. The molecule has 1 aliphatic rings. The summed E-state index contributed by atoms with van der Waals surface area (Å²) in [6.07, 6.45) is 0.856. The first-order valence-corrected chi connectivity index (χ1v) is 10.5. The molecule has 0 bridgehead atoms. The Balaban J connectivity index is 0.00000341. The van der Waals surface area contributed by atoms with Crippen LogP contribution in [0.3, 0.4) is 0 Å².